The van der Waals surface area contributed by atoms with E-state index in [9.17, 15) is 9.59 Å². The number of hydrogen-bond donors (Lipinski definition) is 2. The smallest absolute Gasteiger partial charge is 0.253 e. The number of likely N-dealkylation sites (tertiary alicyclic amines) is 1. The van der Waals surface area contributed by atoms with E-state index in [2.05, 4.69) is 5.32 Å². The van der Waals surface area contributed by atoms with Crippen LogP contribution >= 0.6 is 0 Å². The lowest BCUT2D eigenvalue weighted by atomic mass is 10.2. The van der Waals surface area contributed by atoms with Crippen molar-refractivity contribution in [3.63, 3.8) is 0 Å². The van der Waals surface area contributed by atoms with Gasteiger partial charge in [-0.3, -0.25) is 9.59 Å². The van der Waals surface area contributed by atoms with E-state index in [1.165, 1.54) is 0 Å². The Morgan fingerprint density at radius 3 is 2.48 bits per heavy atom. The molecule has 0 atom stereocenters. The first-order valence-corrected chi connectivity index (χ1v) is 7.17. The predicted molar refractivity (Wildman–Crippen MR) is 80.1 cm³/mol. The van der Waals surface area contributed by atoms with Crippen LogP contribution in [0.15, 0.2) is 24.3 Å². The Morgan fingerprint density at radius 2 is 1.86 bits per heavy atom. The highest BCUT2D eigenvalue weighted by Gasteiger charge is 2.19. The molecule has 0 unspecified atom stereocenters. The molecule has 1 fully saturated rings. The molecule has 0 spiro atoms. The summed E-state index contributed by atoms with van der Waals surface area (Å²) >= 11 is 0. The highest BCUT2D eigenvalue weighted by Crippen LogP contribution is 2.15. The Labute approximate surface area is 124 Å². The van der Waals surface area contributed by atoms with Gasteiger partial charge in [-0.25, -0.2) is 0 Å². The molecule has 1 aromatic rings. The maximum absolute atomic E-state index is 12.2. The number of carbonyl (C=O) groups is 2. The zero-order valence-electron chi connectivity index (χ0n) is 12.0. The van der Waals surface area contributed by atoms with Gasteiger partial charge in [0.15, 0.2) is 0 Å². The van der Waals surface area contributed by atoms with Crippen LogP contribution in [0.25, 0.3) is 0 Å². The van der Waals surface area contributed by atoms with Gasteiger partial charge in [0.05, 0.1) is 6.61 Å². The molecule has 0 radical (unpaired) electrons. The quantitative estimate of drug-likeness (QED) is 0.761. The van der Waals surface area contributed by atoms with E-state index in [1.54, 1.807) is 24.3 Å². The van der Waals surface area contributed by atoms with Crippen molar-refractivity contribution in [2.75, 3.05) is 38.2 Å². The van der Waals surface area contributed by atoms with Crippen molar-refractivity contribution in [2.45, 2.75) is 12.8 Å². The third-order valence-corrected chi connectivity index (χ3v) is 3.30. The number of nitrogens with one attached hydrogen (secondary N) is 1. The average Bonchev–Trinajstić information content (AvgIpc) is 3.02. The molecule has 1 aliphatic heterocycles. The average molecular weight is 291 g/mol. The van der Waals surface area contributed by atoms with Gasteiger partial charge in [0.1, 0.15) is 6.61 Å². The zero-order chi connectivity index (χ0) is 15.1. The number of anilines is 1. The third-order valence-electron chi connectivity index (χ3n) is 3.30. The molecule has 3 N–H and O–H groups in total. The number of amides is 2. The van der Waals surface area contributed by atoms with E-state index in [1.807, 2.05) is 4.90 Å². The number of hydrogen-bond acceptors (Lipinski definition) is 4. The summed E-state index contributed by atoms with van der Waals surface area (Å²) in [6.45, 7) is 2.38. The van der Waals surface area contributed by atoms with Crippen molar-refractivity contribution < 1.29 is 14.3 Å². The maximum atomic E-state index is 12.2. The number of benzene rings is 1. The summed E-state index contributed by atoms with van der Waals surface area (Å²) in [6.07, 6.45) is 2.14. The lowest BCUT2D eigenvalue weighted by molar-refractivity contribution is -0.120. The Balaban J connectivity index is 1.86. The number of nitrogens with two attached hydrogens (primary N) is 1. The third kappa shape index (κ3) is 4.54. The molecule has 1 aliphatic rings. The van der Waals surface area contributed by atoms with E-state index >= 15 is 0 Å². The molecule has 114 valence electrons. The van der Waals surface area contributed by atoms with Gasteiger partial charge in [0, 0.05) is 30.9 Å². The van der Waals surface area contributed by atoms with Crippen LogP contribution in [0.4, 0.5) is 5.69 Å². The Kier molecular flexibility index (Phi) is 5.71. The molecule has 0 aromatic heterocycles. The molecule has 2 amide bonds. The Hall–Kier alpha value is -1.92. The molecular weight excluding hydrogens is 270 g/mol. The minimum absolute atomic E-state index is 0.0222. The largest absolute Gasteiger partial charge is 0.370 e. The second-order valence-corrected chi connectivity index (χ2v) is 4.97. The van der Waals surface area contributed by atoms with Gasteiger partial charge >= 0.3 is 0 Å². The van der Waals surface area contributed by atoms with E-state index in [-0.39, 0.29) is 18.4 Å². The Bertz CT molecular complexity index is 481. The van der Waals surface area contributed by atoms with Crippen LogP contribution in [0.1, 0.15) is 23.2 Å². The van der Waals surface area contributed by atoms with Crippen LogP contribution in [0.2, 0.25) is 0 Å². The normalized spacial score (nSPS) is 14.2. The van der Waals surface area contributed by atoms with E-state index in [0.29, 0.717) is 24.4 Å². The fourth-order valence-electron chi connectivity index (χ4n) is 2.24. The van der Waals surface area contributed by atoms with Crippen molar-refractivity contribution in [2.24, 2.45) is 5.73 Å². The van der Waals surface area contributed by atoms with Crippen LogP contribution in [0.5, 0.6) is 0 Å². The van der Waals surface area contributed by atoms with Crippen molar-refractivity contribution in [1.82, 2.24) is 4.90 Å². The molecule has 1 saturated heterocycles. The monoisotopic (exact) mass is 291 g/mol. The predicted octanol–water partition coefficient (Wildman–Crippen LogP) is 0.836. The van der Waals surface area contributed by atoms with E-state index < -0.39 is 0 Å². The first kappa shape index (κ1) is 15.5. The fraction of sp³-hybridized carbons (Fsp3) is 0.467. The molecule has 0 saturated carbocycles. The summed E-state index contributed by atoms with van der Waals surface area (Å²) < 4.78 is 5.05. The molecule has 2 rings (SSSR count). The minimum atomic E-state index is -0.234. The number of nitrogens with zero attached hydrogens (tertiary/aromatic N) is 1. The van der Waals surface area contributed by atoms with Crippen LogP contribution in [-0.2, 0) is 9.53 Å². The topological polar surface area (TPSA) is 84.7 Å². The molecular formula is C15H21N3O3. The first-order valence-electron chi connectivity index (χ1n) is 7.17. The van der Waals surface area contributed by atoms with Crippen LogP contribution in [0, 0.1) is 0 Å². The van der Waals surface area contributed by atoms with Crippen LogP contribution in [-0.4, -0.2) is 49.6 Å². The number of rotatable bonds is 6. The van der Waals surface area contributed by atoms with E-state index in [4.69, 9.17) is 10.5 Å². The highest BCUT2D eigenvalue weighted by atomic mass is 16.5. The second kappa shape index (κ2) is 7.75. The summed E-state index contributed by atoms with van der Waals surface area (Å²) in [7, 11) is 0. The lowest BCUT2D eigenvalue weighted by Gasteiger charge is -2.15. The van der Waals surface area contributed by atoms with Gasteiger partial charge < -0.3 is 20.7 Å². The summed E-state index contributed by atoms with van der Waals surface area (Å²) in [5.41, 5.74) is 6.57. The Morgan fingerprint density at radius 1 is 1.19 bits per heavy atom. The first-order chi connectivity index (χ1) is 10.2. The van der Waals surface area contributed by atoms with Crippen LogP contribution < -0.4 is 11.1 Å². The van der Waals surface area contributed by atoms with Gasteiger partial charge in [0.2, 0.25) is 5.91 Å². The SMILES string of the molecule is NCCOCC(=O)Nc1ccc(C(=O)N2CCCC2)cc1. The molecule has 21 heavy (non-hydrogen) atoms. The van der Waals surface area contributed by atoms with Crippen molar-refractivity contribution >= 4 is 17.5 Å². The van der Waals surface area contributed by atoms with Gasteiger partial charge in [-0.05, 0) is 37.1 Å². The fourth-order valence-corrected chi connectivity index (χ4v) is 2.24. The van der Waals surface area contributed by atoms with Gasteiger partial charge in [-0.15, -0.1) is 0 Å². The lowest BCUT2D eigenvalue weighted by Crippen LogP contribution is -2.27. The molecule has 1 heterocycles. The maximum Gasteiger partial charge on any atom is 0.253 e. The highest BCUT2D eigenvalue weighted by molar-refractivity contribution is 5.96. The summed E-state index contributed by atoms with van der Waals surface area (Å²) in [4.78, 5) is 25.6. The van der Waals surface area contributed by atoms with Crippen LogP contribution in [0.3, 0.4) is 0 Å². The minimum Gasteiger partial charge on any atom is -0.370 e. The van der Waals surface area contributed by atoms with Gasteiger partial charge in [-0.1, -0.05) is 0 Å². The van der Waals surface area contributed by atoms with E-state index in [0.717, 1.165) is 25.9 Å². The second-order valence-electron chi connectivity index (χ2n) is 4.97. The molecule has 6 nitrogen and oxygen atoms in total. The summed E-state index contributed by atoms with van der Waals surface area (Å²) in [5, 5.41) is 2.71. The summed E-state index contributed by atoms with van der Waals surface area (Å²) in [6, 6.07) is 6.92. The van der Waals surface area contributed by atoms with Gasteiger partial charge in [-0.2, -0.15) is 0 Å². The zero-order valence-corrected chi connectivity index (χ0v) is 12.0. The van der Waals surface area contributed by atoms with Crippen molar-refractivity contribution in [3.05, 3.63) is 29.8 Å². The van der Waals surface area contributed by atoms with Crippen molar-refractivity contribution in [3.8, 4) is 0 Å². The molecule has 0 bridgehead atoms. The molecule has 6 heteroatoms. The standard InChI is InChI=1S/C15H21N3O3/c16-7-10-21-11-14(19)17-13-5-3-12(4-6-13)15(20)18-8-1-2-9-18/h3-6H,1-2,7-11,16H2,(H,17,19). The number of ether oxygens (including phenoxy) is 1. The van der Waals surface area contributed by atoms with Gasteiger partial charge in [0.25, 0.3) is 5.91 Å². The van der Waals surface area contributed by atoms with Crippen molar-refractivity contribution in [1.29, 1.82) is 0 Å². The molecule has 1 aromatic carbocycles. The number of carbonyl (C=O) groups excluding carboxylic acids is 2. The molecule has 0 aliphatic carbocycles. The summed E-state index contributed by atoms with van der Waals surface area (Å²) in [5.74, 6) is -0.182.